The Balaban J connectivity index is 1.44. The number of hydrogen-bond acceptors (Lipinski definition) is 6. The summed E-state index contributed by atoms with van der Waals surface area (Å²) in [5, 5.41) is 3.58. The van der Waals surface area contributed by atoms with Crippen molar-refractivity contribution in [2.24, 2.45) is 0 Å². The van der Waals surface area contributed by atoms with Crippen molar-refractivity contribution in [3.63, 3.8) is 0 Å². The van der Waals surface area contributed by atoms with E-state index in [-0.39, 0.29) is 5.56 Å². The number of rotatable bonds is 5. The summed E-state index contributed by atoms with van der Waals surface area (Å²) >= 11 is 0. The van der Waals surface area contributed by atoms with Crippen LogP contribution in [0.1, 0.15) is 53.8 Å². The smallest absolute Gasteiger partial charge is 0.251 e. The summed E-state index contributed by atoms with van der Waals surface area (Å²) in [7, 11) is 1.60. The van der Waals surface area contributed by atoms with Crippen LogP contribution in [0.3, 0.4) is 0 Å². The fourth-order valence-corrected chi connectivity index (χ4v) is 3.79. The number of anilines is 1. The molecule has 0 spiro atoms. The summed E-state index contributed by atoms with van der Waals surface area (Å²) in [5.74, 6) is 2.74. The topological polar surface area (TPSA) is 92.8 Å². The minimum atomic E-state index is -0.113. The number of aromatic nitrogens is 4. The van der Waals surface area contributed by atoms with E-state index in [1.807, 2.05) is 6.92 Å². The molecular formula is C18H23N5O2. The molecule has 0 bridgehead atoms. The van der Waals surface area contributed by atoms with Gasteiger partial charge in [0, 0.05) is 36.4 Å². The molecule has 0 amide bonds. The van der Waals surface area contributed by atoms with E-state index in [9.17, 15) is 4.79 Å². The van der Waals surface area contributed by atoms with Crippen LogP contribution in [0.5, 0.6) is 0 Å². The molecule has 2 aromatic rings. The molecule has 2 heterocycles. The van der Waals surface area contributed by atoms with Crippen molar-refractivity contribution < 1.29 is 4.74 Å². The van der Waals surface area contributed by atoms with Gasteiger partial charge in [-0.05, 0) is 39.0 Å². The van der Waals surface area contributed by atoms with Crippen LogP contribution in [0.25, 0.3) is 0 Å². The second-order valence-corrected chi connectivity index (χ2v) is 6.96. The van der Waals surface area contributed by atoms with Gasteiger partial charge in [-0.1, -0.05) is 0 Å². The molecule has 0 aromatic carbocycles. The minimum Gasteiger partial charge on any atom is -0.377 e. The zero-order valence-corrected chi connectivity index (χ0v) is 14.6. The lowest BCUT2D eigenvalue weighted by atomic mass is 9.78. The summed E-state index contributed by atoms with van der Waals surface area (Å²) in [6, 6.07) is 1.98. The maximum atomic E-state index is 11.8. The van der Waals surface area contributed by atoms with Gasteiger partial charge in [0.2, 0.25) is 0 Å². The number of nitrogens with one attached hydrogen (secondary N) is 2. The number of aromatic amines is 1. The quantitative estimate of drug-likeness (QED) is 0.862. The lowest BCUT2D eigenvalue weighted by Crippen LogP contribution is -2.36. The fourth-order valence-electron chi connectivity index (χ4n) is 3.79. The highest BCUT2D eigenvalue weighted by molar-refractivity contribution is 5.50. The number of methoxy groups -OCH3 is 1. The van der Waals surface area contributed by atoms with Gasteiger partial charge < -0.3 is 15.0 Å². The Morgan fingerprint density at radius 1 is 1.28 bits per heavy atom. The molecule has 0 aliphatic heterocycles. The van der Waals surface area contributed by atoms with Gasteiger partial charge in [0.15, 0.2) is 0 Å². The maximum absolute atomic E-state index is 11.8. The monoisotopic (exact) mass is 341 g/mol. The van der Waals surface area contributed by atoms with Gasteiger partial charge in [0.1, 0.15) is 24.1 Å². The molecule has 1 fully saturated rings. The highest BCUT2D eigenvalue weighted by Crippen LogP contribution is 2.38. The number of hydrogen-bond donors (Lipinski definition) is 2. The van der Waals surface area contributed by atoms with E-state index in [1.165, 1.54) is 11.3 Å². The minimum absolute atomic E-state index is 0.113. The van der Waals surface area contributed by atoms with Gasteiger partial charge >= 0.3 is 0 Å². The Morgan fingerprint density at radius 2 is 2.12 bits per heavy atom. The standard InChI is InChI=1S/C18H23N5O2/c1-10-19-14-5-3-4-13(14)18(20-10)21-12-6-11(7-12)15-8-17(24)23-16(22-15)9-25-2/h8,11-12H,3-7,9H2,1-2H3,(H,19,20,21)(H,22,23,24). The molecule has 0 unspecified atom stereocenters. The van der Waals surface area contributed by atoms with Crippen LogP contribution in [-0.4, -0.2) is 33.1 Å². The van der Waals surface area contributed by atoms with Crippen LogP contribution in [0.15, 0.2) is 10.9 Å². The summed E-state index contributed by atoms with van der Waals surface area (Å²) in [6.45, 7) is 2.27. The van der Waals surface area contributed by atoms with Gasteiger partial charge in [-0.3, -0.25) is 4.79 Å². The summed E-state index contributed by atoms with van der Waals surface area (Å²) in [5.41, 5.74) is 3.23. The summed E-state index contributed by atoms with van der Waals surface area (Å²) in [4.78, 5) is 28.2. The first-order valence-corrected chi connectivity index (χ1v) is 8.84. The molecule has 25 heavy (non-hydrogen) atoms. The first-order valence-electron chi connectivity index (χ1n) is 8.84. The Kier molecular flexibility index (Phi) is 4.25. The van der Waals surface area contributed by atoms with Crippen LogP contribution in [0.2, 0.25) is 0 Å². The predicted molar refractivity (Wildman–Crippen MR) is 93.8 cm³/mol. The Hall–Kier alpha value is -2.28. The van der Waals surface area contributed by atoms with Gasteiger partial charge in [-0.25, -0.2) is 15.0 Å². The molecule has 7 nitrogen and oxygen atoms in total. The van der Waals surface area contributed by atoms with Crippen molar-refractivity contribution in [1.29, 1.82) is 0 Å². The van der Waals surface area contributed by atoms with Gasteiger partial charge in [0.05, 0.1) is 5.69 Å². The van der Waals surface area contributed by atoms with E-state index >= 15 is 0 Å². The van der Waals surface area contributed by atoms with Crippen LogP contribution in [0, 0.1) is 6.92 Å². The van der Waals surface area contributed by atoms with Gasteiger partial charge in [-0.15, -0.1) is 0 Å². The molecule has 2 aliphatic carbocycles. The zero-order chi connectivity index (χ0) is 17.4. The Labute approximate surface area is 146 Å². The van der Waals surface area contributed by atoms with Crippen molar-refractivity contribution >= 4 is 5.82 Å². The van der Waals surface area contributed by atoms with Crippen LogP contribution >= 0.6 is 0 Å². The molecule has 0 saturated heterocycles. The third kappa shape index (κ3) is 3.28. The van der Waals surface area contributed by atoms with E-state index in [0.717, 1.165) is 49.4 Å². The number of aryl methyl sites for hydroxylation is 2. The van der Waals surface area contributed by atoms with E-state index < -0.39 is 0 Å². The van der Waals surface area contributed by atoms with E-state index in [0.29, 0.717) is 24.4 Å². The second-order valence-electron chi connectivity index (χ2n) is 6.96. The largest absolute Gasteiger partial charge is 0.377 e. The lowest BCUT2D eigenvalue weighted by molar-refractivity contribution is 0.177. The van der Waals surface area contributed by atoms with Crippen molar-refractivity contribution in [2.45, 2.75) is 57.6 Å². The number of H-pyrrole nitrogens is 1. The van der Waals surface area contributed by atoms with Gasteiger partial charge in [-0.2, -0.15) is 0 Å². The van der Waals surface area contributed by atoms with Crippen molar-refractivity contribution in [3.8, 4) is 0 Å². The first kappa shape index (κ1) is 16.2. The molecule has 4 rings (SSSR count). The molecular weight excluding hydrogens is 318 g/mol. The molecule has 2 aromatic heterocycles. The molecule has 7 heteroatoms. The van der Waals surface area contributed by atoms with Crippen molar-refractivity contribution in [1.82, 2.24) is 19.9 Å². The average molecular weight is 341 g/mol. The predicted octanol–water partition coefficient (Wildman–Crippen LogP) is 1.86. The molecule has 0 radical (unpaired) electrons. The number of fused-ring (bicyclic) bond motifs is 1. The fraction of sp³-hybridized carbons (Fsp3) is 0.556. The van der Waals surface area contributed by atoms with E-state index in [4.69, 9.17) is 4.74 Å². The maximum Gasteiger partial charge on any atom is 0.251 e. The van der Waals surface area contributed by atoms with E-state index in [2.05, 4.69) is 25.3 Å². The van der Waals surface area contributed by atoms with Crippen LogP contribution in [0.4, 0.5) is 5.82 Å². The van der Waals surface area contributed by atoms with E-state index in [1.54, 1.807) is 13.2 Å². The SMILES string of the molecule is COCc1nc(C2CC(Nc3nc(C)nc4c3CCC4)C2)cc(=O)[nH]1. The Bertz CT molecular complexity index is 842. The number of nitrogens with zero attached hydrogens (tertiary/aromatic N) is 3. The van der Waals surface area contributed by atoms with Crippen LogP contribution < -0.4 is 10.9 Å². The molecule has 132 valence electrons. The zero-order valence-electron chi connectivity index (χ0n) is 14.6. The van der Waals surface area contributed by atoms with Gasteiger partial charge in [0.25, 0.3) is 5.56 Å². The Morgan fingerprint density at radius 3 is 2.92 bits per heavy atom. The average Bonchev–Trinajstić information content (AvgIpc) is 2.98. The summed E-state index contributed by atoms with van der Waals surface area (Å²) in [6.07, 6.45) is 5.19. The molecule has 1 saturated carbocycles. The lowest BCUT2D eigenvalue weighted by Gasteiger charge is -2.36. The normalized spacial score (nSPS) is 21.7. The third-order valence-corrected chi connectivity index (χ3v) is 5.03. The highest BCUT2D eigenvalue weighted by atomic mass is 16.5. The summed E-state index contributed by atoms with van der Waals surface area (Å²) < 4.78 is 5.06. The molecule has 0 atom stereocenters. The van der Waals surface area contributed by atoms with Crippen LogP contribution in [-0.2, 0) is 24.2 Å². The highest BCUT2D eigenvalue weighted by Gasteiger charge is 2.33. The second kappa shape index (κ2) is 6.55. The van der Waals surface area contributed by atoms with Crippen molar-refractivity contribution in [2.75, 3.05) is 12.4 Å². The first-order chi connectivity index (χ1) is 12.1. The number of ether oxygens (including phenoxy) is 1. The third-order valence-electron chi connectivity index (χ3n) is 5.03. The molecule has 2 N–H and O–H groups in total. The molecule has 2 aliphatic rings. The van der Waals surface area contributed by atoms with Crippen molar-refractivity contribution in [3.05, 3.63) is 45.0 Å².